The van der Waals surface area contributed by atoms with Crippen molar-refractivity contribution in [2.24, 2.45) is 5.92 Å². The third-order valence-electron chi connectivity index (χ3n) is 6.58. The van der Waals surface area contributed by atoms with Crippen LogP contribution >= 0.6 is 0 Å². The number of rotatable bonds is 9. The number of aryl methyl sites for hydroxylation is 2. The highest BCUT2D eigenvalue weighted by molar-refractivity contribution is 5.94. The molecular weight excluding hydrogens is 400 g/mol. The van der Waals surface area contributed by atoms with E-state index in [1.807, 2.05) is 38.1 Å². The summed E-state index contributed by atoms with van der Waals surface area (Å²) in [5, 5.41) is 31.7. The van der Waals surface area contributed by atoms with Crippen LogP contribution in [0, 0.1) is 5.92 Å². The minimum Gasteiger partial charge on any atom is -0.507 e. The molecule has 0 saturated carbocycles. The minimum absolute atomic E-state index is 0.0333. The second-order valence-corrected chi connectivity index (χ2v) is 9.07. The van der Waals surface area contributed by atoms with Crippen LogP contribution in [0.4, 0.5) is 0 Å². The van der Waals surface area contributed by atoms with Gasteiger partial charge in [-0.2, -0.15) is 0 Å². The summed E-state index contributed by atoms with van der Waals surface area (Å²) in [6, 6.07) is 11.8. The topological polar surface area (TPSA) is 77.8 Å². The zero-order valence-corrected chi connectivity index (χ0v) is 19.1. The molecule has 4 heteroatoms. The predicted octanol–water partition coefficient (Wildman–Crippen LogP) is 6.77. The summed E-state index contributed by atoms with van der Waals surface area (Å²) >= 11 is 0. The van der Waals surface area contributed by atoms with Gasteiger partial charge in [-0.25, -0.2) is 4.79 Å². The van der Waals surface area contributed by atoms with Gasteiger partial charge in [-0.15, -0.1) is 0 Å². The Hall–Kier alpha value is -3.01. The Labute approximate surface area is 190 Å². The lowest BCUT2D eigenvalue weighted by Gasteiger charge is -2.32. The third kappa shape index (κ3) is 5.42. The number of aromatic carboxylic acids is 1. The molecule has 1 aliphatic rings. The number of carboxylic acid groups (broad SMARTS) is 1. The largest absolute Gasteiger partial charge is 0.507 e. The van der Waals surface area contributed by atoms with Crippen molar-refractivity contribution in [3.8, 4) is 11.5 Å². The predicted molar refractivity (Wildman–Crippen MR) is 128 cm³/mol. The maximum atomic E-state index is 12.1. The average Bonchev–Trinajstić information content (AvgIpc) is 2.73. The molecule has 3 rings (SSSR count). The Morgan fingerprint density at radius 2 is 1.78 bits per heavy atom. The van der Waals surface area contributed by atoms with E-state index in [-0.39, 0.29) is 28.9 Å². The number of phenolic OH excluding ortho intramolecular Hbond substituents is 1. The Bertz CT molecular complexity index is 1000. The van der Waals surface area contributed by atoms with Gasteiger partial charge in [0.2, 0.25) is 0 Å². The molecule has 2 aromatic rings. The van der Waals surface area contributed by atoms with Crippen LogP contribution in [0.25, 0.3) is 0 Å². The maximum absolute atomic E-state index is 12.1. The molecule has 0 radical (unpaired) electrons. The molecule has 2 atom stereocenters. The molecule has 2 aromatic carbocycles. The molecule has 0 aliphatic heterocycles. The first-order valence-corrected chi connectivity index (χ1v) is 11.5. The fourth-order valence-electron chi connectivity index (χ4n) is 4.86. The summed E-state index contributed by atoms with van der Waals surface area (Å²) in [5.41, 5.74) is 4.14. The smallest absolute Gasteiger partial charge is 0.339 e. The molecule has 170 valence electrons. The number of hydrogen-bond acceptors (Lipinski definition) is 3. The van der Waals surface area contributed by atoms with Crippen LogP contribution < -0.4 is 0 Å². The molecule has 0 aromatic heterocycles. The number of benzene rings is 2. The van der Waals surface area contributed by atoms with Gasteiger partial charge >= 0.3 is 5.97 Å². The standard InChI is InChI=1S/C28H34O4/c1-18(2)22-15-14-19(3)16-23(22)26-24(29)17-21(25(27(26)30)28(31)32)13-9-5-8-12-20-10-6-4-7-11-20/h4,6-7,10-11,16-17,22-23,29-30H,1,5,8-9,12-15H2,2-3H3,(H,31,32)/t22-,23+/m0/s1. The average molecular weight is 435 g/mol. The van der Waals surface area contributed by atoms with Gasteiger partial charge in [0.25, 0.3) is 0 Å². The third-order valence-corrected chi connectivity index (χ3v) is 6.58. The van der Waals surface area contributed by atoms with Crippen molar-refractivity contribution in [1.29, 1.82) is 0 Å². The van der Waals surface area contributed by atoms with E-state index >= 15 is 0 Å². The number of carboxylic acids is 1. The number of hydrogen-bond donors (Lipinski definition) is 3. The second kappa shape index (κ2) is 10.5. The summed E-state index contributed by atoms with van der Waals surface area (Å²) in [6.07, 6.45) is 8.07. The fraction of sp³-hybridized carbons (Fsp3) is 0.393. The van der Waals surface area contributed by atoms with Gasteiger partial charge in [0.1, 0.15) is 17.1 Å². The number of aromatic hydroxyl groups is 2. The summed E-state index contributed by atoms with van der Waals surface area (Å²) in [6.45, 7) is 8.06. The van der Waals surface area contributed by atoms with E-state index < -0.39 is 5.97 Å². The van der Waals surface area contributed by atoms with Crippen LogP contribution in [0.15, 0.2) is 60.2 Å². The highest BCUT2D eigenvalue weighted by Gasteiger charge is 2.32. The molecular formula is C28H34O4. The van der Waals surface area contributed by atoms with Crippen LogP contribution in [-0.2, 0) is 12.8 Å². The maximum Gasteiger partial charge on any atom is 0.339 e. The van der Waals surface area contributed by atoms with E-state index in [0.717, 1.165) is 44.1 Å². The van der Waals surface area contributed by atoms with Gasteiger partial charge in [-0.1, -0.05) is 60.6 Å². The van der Waals surface area contributed by atoms with Crippen LogP contribution in [-0.4, -0.2) is 21.3 Å². The van der Waals surface area contributed by atoms with Crippen molar-refractivity contribution in [3.63, 3.8) is 0 Å². The first-order chi connectivity index (χ1) is 15.3. The molecule has 0 amide bonds. The quantitative estimate of drug-likeness (QED) is 0.301. The van der Waals surface area contributed by atoms with E-state index in [2.05, 4.69) is 18.7 Å². The van der Waals surface area contributed by atoms with Crippen molar-refractivity contribution in [2.75, 3.05) is 0 Å². The molecule has 1 aliphatic carbocycles. The van der Waals surface area contributed by atoms with E-state index in [9.17, 15) is 20.1 Å². The lowest BCUT2D eigenvalue weighted by molar-refractivity contribution is 0.0692. The summed E-state index contributed by atoms with van der Waals surface area (Å²) in [4.78, 5) is 12.1. The van der Waals surface area contributed by atoms with Crippen LogP contribution in [0.3, 0.4) is 0 Å². The summed E-state index contributed by atoms with van der Waals surface area (Å²) in [5.74, 6) is -1.72. The highest BCUT2D eigenvalue weighted by Crippen LogP contribution is 2.48. The van der Waals surface area contributed by atoms with Crippen LogP contribution in [0.1, 0.15) is 78.9 Å². The Balaban J connectivity index is 1.80. The molecule has 32 heavy (non-hydrogen) atoms. The van der Waals surface area contributed by atoms with E-state index in [1.165, 1.54) is 11.1 Å². The molecule has 0 bridgehead atoms. The normalized spacial score (nSPS) is 18.2. The molecule has 0 fully saturated rings. The van der Waals surface area contributed by atoms with Crippen molar-refractivity contribution >= 4 is 5.97 Å². The van der Waals surface area contributed by atoms with Crippen molar-refractivity contribution < 1.29 is 20.1 Å². The number of carbonyl (C=O) groups is 1. The van der Waals surface area contributed by atoms with Gasteiger partial charge in [-0.3, -0.25) is 0 Å². The Kier molecular flexibility index (Phi) is 7.79. The zero-order valence-electron chi connectivity index (χ0n) is 19.1. The number of unbranched alkanes of at least 4 members (excludes halogenated alkanes) is 2. The SMILES string of the molecule is C=C(C)[C@@H]1CCC(C)=C[C@H]1c1c(O)cc(CCCCCc2ccccc2)c(C(=O)O)c1O. The van der Waals surface area contributed by atoms with Crippen LogP contribution in [0.2, 0.25) is 0 Å². The lowest BCUT2D eigenvalue weighted by Crippen LogP contribution is -2.18. The highest BCUT2D eigenvalue weighted by atomic mass is 16.4. The lowest BCUT2D eigenvalue weighted by atomic mass is 9.73. The zero-order chi connectivity index (χ0) is 23.3. The molecule has 0 unspecified atom stereocenters. The Morgan fingerprint density at radius 3 is 2.44 bits per heavy atom. The van der Waals surface area contributed by atoms with Crippen molar-refractivity contribution in [3.05, 3.63) is 82.5 Å². The second-order valence-electron chi connectivity index (χ2n) is 9.07. The number of allylic oxidation sites excluding steroid dienone is 3. The Morgan fingerprint density at radius 1 is 1.09 bits per heavy atom. The van der Waals surface area contributed by atoms with Gasteiger partial charge < -0.3 is 15.3 Å². The van der Waals surface area contributed by atoms with Crippen LogP contribution in [0.5, 0.6) is 11.5 Å². The van der Waals surface area contributed by atoms with Gasteiger partial charge in [-0.05, 0) is 75.5 Å². The van der Waals surface area contributed by atoms with Gasteiger partial charge in [0.15, 0.2) is 0 Å². The van der Waals surface area contributed by atoms with Gasteiger partial charge in [0, 0.05) is 11.5 Å². The fourth-order valence-corrected chi connectivity index (χ4v) is 4.86. The van der Waals surface area contributed by atoms with E-state index in [1.54, 1.807) is 6.07 Å². The monoisotopic (exact) mass is 434 g/mol. The molecule has 4 nitrogen and oxygen atoms in total. The van der Waals surface area contributed by atoms with Crippen molar-refractivity contribution in [2.45, 2.75) is 64.7 Å². The summed E-state index contributed by atoms with van der Waals surface area (Å²) in [7, 11) is 0. The number of phenols is 2. The minimum atomic E-state index is -1.16. The molecule has 3 N–H and O–H groups in total. The molecule has 0 heterocycles. The van der Waals surface area contributed by atoms with Gasteiger partial charge in [0.05, 0.1) is 0 Å². The first kappa shape index (κ1) is 23.6. The molecule has 0 spiro atoms. The summed E-state index contributed by atoms with van der Waals surface area (Å²) < 4.78 is 0. The van der Waals surface area contributed by atoms with E-state index in [4.69, 9.17) is 0 Å². The first-order valence-electron chi connectivity index (χ1n) is 11.5. The van der Waals surface area contributed by atoms with Crippen molar-refractivity contribution in [1.82, 2.24) is 0 Å². The molecule has 0 saturated heterocycles. The van der Waals surface area contributed by atoms with E-state index in [0.29, 0.717) is 17.5 Å².